The van der Waals surface area contributed by atoms with Crippen LogP contribution in [0.15, 0.2) is 78.1 Å². The van der Waals surface area contributed by atoms with Crippen LogP contribution >= 0.6 is 0 Å². The zero-order valence-corrected chi connectivity index (χ0v) is 15.2. The molecular weight excluding hydrogens is 364 g/mol. The quantitative estimate of drug-likeness (QED) is 0.575. The zero-order chi connectivity index (χ0) is 18.9. The second kappa shape index (κ2) is 6.73. The molecule has 27 heavy (non-hydrogen) atoms. The van der Waals surface area contributed by atoms with E-state index in [2.05, 4.69) is 14.7 Å². The predicted molar refractivity (Wildman–Crippen MR) is 102 cm³/mol. The molecule has 2 aromatic heterocycles. The Morgan fingerprint density at radius 2 is 1.89 bits per heavy atom. The fraction of sp³-hybridized carbons (Fsp3) is 0.0526. The highest BCUT2D eigenvalue weighted by atomic mass is 32.2. The largest absolute Gasteiger partial charge is 0.495 e. The summed E-state index contributed by atoms with van der Waals surface area (Å²) in [6.45, 7) is 0. The third kappa shape index (κ3) is 3.34. The lowest BCUT2D eigenvalue weighted by molar-refractivity contribution is 0.417. The molecule has 8 heteroatoms. The maximum absolute atomic E-state index is 12.7. The first-order chi connectivity index (χ1) is 13.1. The van der Waals surface area contributed by atoms with Gasteiger partial charge in [0, 0.05) is 24.2 Å². The molecule has 136 valence electrons. The van der Waals surface area contributed by atoms with Crippen molar-refractivity contribution in [2.45, 2.75) is 4.90 Å². The number of hydrogen-bond acceptors (Lipinski definition) is 5. The van der Waals surface area contributed by atoms with Gasteiger partial charge in [-0.3, -0.25) is 9.12 Å². The van der Waals surface area contributed by atoms with Crippen molar-refractivity contribution in [3.05, 3.63) is 73.2 Å². The van der Waals surface area contributed by atoms with Crippen molar-refractivity contribution in [2.75, 3.05) is 11.8 Å². The summed E-state index contributed by atoms with van der Waals surface area (Å²) in [6.07, 6.45) is 5.35. The highest BCUT2D eigenvalue weighted by Crippen LogP contribution is 2.32. The van der Waals surface area contributed by atoms with Crippen LogP contribution in [0.4, 0.5) is 5.69 Å². The van der Waals surface area contributed by atoms with E-state index in [9.17, 15) is 8.42 Å². The number of benzene rings is 2. The Hall–Kier alpha value is -3.39. The number of rotatable bonds is 5. The minimum atomic E-state index is -3.74. The number of imidazole rings is 1. The van der Waals surface area contributed by atoms with Crippen molar-refractivity contribution < 1.29 is 13.2 Å². The van der Waals surface area contributed by atoms with E-state index in [0.717, 1.165) is 5.56 Å². The molecule has 0 saturated carbocycles. The van der Waals surface area contributed by atoms with Gasteiger partial charge in [0.2, 0.25) is 5.78 Å². The van der Waals surface area contributed by atoms with Crippen molar-refractivity contribution in [3.63, 3.8) is 0 Å². The first-order valence-corrected chi connectivity index (χ1v) is 9.61. The van der Waals surface area contributed by atoms with Crippen molar-refractivity contribution in [1.29, 1.82) is 0 Å². The summed E-state index contributed by atoms with van der Waals surface area (Å²) in [4.78, 5) is 8.84. The normalized spacial score (nSPS) is 11.4. The Morgan fingerprint density at radius 3 is 2.63 bits per heavy atom. The number of sulfonamides is 1. The third-order valence-electron chi connectivity index (χ3n) is 4.03. The second-order valence-electron chi connectivity index (χ2n) is 5.79. The molecule has 0 unspecified atom stereocenters. The van der Waals surface area contributed by atoms with Crippen LogP contribution in [0.1, 0.15) is 0 Å². The van der Waals surface area contributed by atoms with Crippen LogP contribution in [0.3, 0.4) is 0 Å². The van der Waals surface area contributed by atoms with Gasteiger partial charge in [-0.2, -0.15) is 0 Å². The lowest BCUT2D eigenvalue weighted by Crippen LogP contribution is -2.13. The summed E-state index contributed by atoms with van der Waals surface area (Å²) in [7, 11) is -2.25. The van der Waals surface area contributed by atoms with Crippen LogP contribution < -0.4 is 9.46 Å². The number of fused-ring (bicyclic) bond motifs is 1. The summed E-state index contributed by atoms with van der Waals surface area (Å²) >= 11 is 0. The highest BCUT2D eigenvalue weighted by Gasteiger charge is 2.17. The van der Waals surface area contributed by atoms with Crippen molar-refractivity contribution in [2.24, 2.45) is 0 Å². The Labute approximate surface area is 156 Å². The van der Waals surface area contributed by atoms with E-state index in [1.807, 2.05) is 24.5 Å². The molecule has 0 aliphatic carbocycles. The molecule has 0 saturated heterocycles. The van der Waals surface area contributed by atoms with Gasteiger partial charge in [0.1, 0.15) is 5.75 Å². The smallest absolute Gasteiger partial charge is 0.262 e. The summed E-state index contributed by atoms with van der Waals surface area (Å²) in [6, 6.07) is 15.2. The molecule has 0 radical (unpaired) electrons. The lowest BCUT2D eigenvalue weighted by atomic mass is 10.1. The van der Waals surface area contributed by atoms with Gasteiger partial charge >= 0.3 is 0 Å². The monoisotopic (exact) mass is 380 g/mol. The van der Waals surface area contributed by atoms with Crippen LogP contribution in [-0.2, 0) is 10.0 Å². The van der Waals surface area contributed by atoms with E-state index < -0.39 is 10.0 Å². The SMILES string of the molecule is COc1ccc(-c2cn3cccnc3n2)cc1NS(=O)(=O)c1ccccc1. The number of aromatic nitrogens is 3. The average Bonchev–Trinajstić information content (AvgIpc) is 3.12. The zero-order valence-electron chi connectivity index (χ0n) is 14.4. The number of methoxy groups -OCH3 is 1. The number of nitrogens with zero attached hydrogens (tertiary/aromatic N) is 3. The molecule has 0 bridgehead atoms. The molecule has 0 aliphatic heterocycles. The molecule has 0 aliphatic rings. The predicted octanol–water partition coefficient (Wildman–Crippen LogP) is 3.21. The van der Waals surface area contributed by atoms with Gasteiger partial charge in [0.15, 0.2) is 0 Å². The molecule has 0 atom stereocenters. The van der Waals surface area contributed by atoms with Crippen molar-refractivity contribution in [3.8, 4) is 17.0 Å². The van der Waals surface area contributed by atoms with Gasteiger partial charge in [0.25, 0.3) is 10.0 Å². The second-order valence-corrected chi connectivity index (χ2v) is 7.47. The fourth-order valence-electron chi connectivity index (χ4n) is 2.72. The summed E-state index contributed by atoms with van der Waals surface area (Å²) in [5.74, 6) is 0.981. The highest BCUT2D eigenvalue weighted by molar-refractivity contribution is 7.92. The van der Waals surface area contributed by atoms with Crippen LogP contribution in [0, 0.1) is 0 Å². The number of anilines is 1. The molecule has 2 aromatic carbocycles. The molecule has 0 amide bonds. The number of nitrogens with one attached hydrogen (secondary N) is 1. The topological polar surface area (TPSA) is 85.6 Å². The van der Waals surface area contributed by atoms with E-state index in [0.29, 0.717) is 22.9 Å². The summed E-state index contributed by atoms with van der Waals surface area (Å²) < 4.78 is 35.0. The van der Waals surface area contributed by atoms with Crippen LogP contribution in [0.25, 0.3) is 17.0 Å². The lowest BCUT2D eigenvalue weighted by Gasteiger charge is -2.13. The molecule has 7 nitrogen and oxygen atoms in total. The molecule has 1 N–H and O–H groups in total. The number of ether oxygens (including phenoxy) is 1. The van der Waals surface area contributed by atoms with Crippen LogP contribution in [0.2, 0.25) is 0 Å². The van der Waals surface area contributed by atoms with Crippen LogP contribution in [-0.4, -0.2) is 29.9 Å². The maximum atomic E-state index is 12.7. The van der Waals surface area contributed by atoms with Gasteiger partial charge in [-0.1, -0.05) is 18.2 Å². The van der Waals surface area contributed by atoms with E-state index in [1.54, 1.807) is 40.9 Å². The molecule has 4 rings (SSSR count). The third-order valence-corrected chi connectivity index (χ3v) is 5.41. The summed E-state index contributed by atoms with van der Waals surface area (Å²) in [5, 5.41) is 0. The first kappa shape index (κ1) is 17.0. The molecule has 4 aromatic rings. The minimum absolute atomic E-state index is 0.175. The van der Waals surface area contributed by atoms with Gasteiger partial charge in [-0.05, 0) is 36.4 Å². The molecule has 0 fully saturated rings. The Morgan fingerprint density at radius 1 is 1.07 bits per heavy atom. The van der Waals surface area contributed by atoms with Crippen molar-refractivity contribution in [1.82, 2.24) is 14.4 Å². The van der Waals surface area contributed by atoms with Gasteiger partial charge < -0.3 is 4.74 Å². The minimum Gasteiger partial charge on any atom is -0.495 e. The summed E-state index contributed by atoms with van der Waals surface area (Å²) in [5.41, 5.74) is 1.76. The standard InChI is InChI=1S/C19H16N4O3S/c1-26-18-9-8-14(17-13-23-11-5-10-20-19(23)21-17)12-16(18)22-27(24,25)15-6-3-2-4-7-15/h2-13,22H,1H3. The maximum Gasteiger partial charge on any atom is 0.262 e. The molecule has 0 spiro atoms. The van der Waals surface area contributed by atoms with Gasteiger partial charge in [0.05, 0.1) is 23.4 Å². The molecular formula is C19H16N4O3S. The van der Waals surface area contributed by atoms with Gasteiger partial charge in [-0.15, -0.1) is 0 Å². The van der Waals surface area contributed by atoms with Crippen molar-refractivity contribution >= 4 is 21.5 Å². The Kier molecular flexibility index (Phi) is 4.25. The number of hydrogen-bond donors (Lipinski definition) is 1. The van der Waals surface area contributed by atoms with E-state index in [1.165, 1.54) is 19.2 Å². The Bertz CT molecular complexity index is 1170. The first-order valence-electron chi connectivity index (χ1n) is 8.13. The molecule has 2 heterocycles. The Balaban J connectivity index is 1.75. The van der Waals surface area contributed by atoms with Crippen LogP contribution in [0.5, 0.6) is 5.75 Å². The van der Waals surface area contributed by atoms with E-state index in [4.69, 9.17) is 4.74 Å². The van der Waals surface area contributed by atoms with Gasteiger partial charge in [-0.25, -0.2) is 18.4 Å². The van der Waals surface area contributed by atoms with E-state index >= 15 is 0 Å². The fourth-order valence-corrected chi connectivity index (χ4v) is 3.80. The average molecular weight is 380 g/mol. The van der Waals surface area contributed by atoms with E-state index in [-0.39, 0.29) is 4.90 Å².